The minimum atomic E-state index is -5.39. The summed E-state index contributed by atoms with van der Waals surface area (Å²) in [6.07, 6.45) is 0. The smallest absolute Gasteiger partial charge is 0.822 e. The molecule has 0 saturated carbocycles. The molecular weight excluding hydrogens is 301 g/mol. The van der Waals surface area contributed by atoms with E-state index in [0.29, 0.717) is 0 Å². The molecule has 0 aromatic heterocycles. The van der Waals surface area contributed by atoms with Crippen molar-refractivity contribution in [3.8, 4) is 0 Å². The molecule has 0 rings (SSSR count). The second-order valence-electron chi connectivity index (χ2n) is 0.960. The minimum absolute atomic E-state index is 0. The van der Waals surface area contributed by atoms with E-state index in [-0.39, 0.29) is 107 Å². The summed E-state index contributed by atoms with van der Waals surface area (Å²) in [5.74, 6) is 0. The summed E-state index contributed by atoms with van der Waals surface area (Å²) in [6, 6.07) is 0. The molecule has 0 spiro atoms. The van der Waals surface area contributed by atoms with Gasteiger partial charge < -0.3 is 52.4 Å². The van der Waals surface area contributed by atoms with Crippen LogP contribution in [0.2, 0.25) is 0 Å². The Morgan fingerprint density at radius 1 is 0.688 bits per heavy atom. The maximum Gasteiger partial charge on any atom is 1.00 e. The van der Waals surface area contributed by atoms with E-state index >= 15 is 0 Å². The van der Waals surface area contributed by atoms with Gasteiger partial charge in [0, 0.05) is 0 Å². The Kier molecular flexibility index (Phi) is 73.7. The van der Waals surface area contributed by atoms with Crippen LogP contribution in [0.5, 0.6) is 0 Å². The zero-order chi connectivity index (χ0) is 9.00. The van der Waals surface area contributed by atoms with Crippen molar-refractivity contribution in [1.29, 1.82) is 0 Å². The van der Waals surface area contributed by atoms with Gasteiger partial charge in [-0.15, -0.1) is 0 Å². The average Bonchev–Trinajstić information content (AvgIpc) is 1.12. The van der Waals surface area contributed by atoms with Crippen molar-refractivity contribution in [2.24, 2.45) is 0 Å². The molecule has 0 atom stereocenters. The number of phosphoric acid groups is 2. The Morgan fingerprint density at radius 3 is 0.688 bits per heavy atom. The second kappa shape index (κ2) is 23.2. The zero-order valence-corrected chi connectivity index (χ0v) is 17.2. The van der Waals surface area contributed by atoms with Gasteiger partial charge in [-0.25, -0.2) is 4.57 Å². The van der Waals surface area contributed by atoms with Gasteiger partial charge >= 0.3 is 96.5 Å². The molecule has 12 N–H and O–H groups in total. The van der Waals surface area contributed by atoms with Crippen molar-refractivity contribution in [3.05, 3.63) is 0 Å². The van der Waals surface area contributed by atoms with Crippen LogP contribution in [-0.2, 0) is 9.13 Å². The van der Waals surface area contributed by atoms with Crippen molar-refractivity contribution in [2.45, 2.75) is 0 Å². The molecule has 0 aromatic carbocycles. The van der Waals surface area contributed by atoms with Crippen LogP contribution in [0.15, 0.2) is 0 Å². The van der Waals surface area contributed by atoms with Crippen LogP contribution in [0.4, 0.5) is 0 Å². The molecule has 16 heteroatoms. The van der Waals surface area contributed by atoms with E-state index in [2.05, 4.69) is 0 Å². The maximum atomic E-state index is 8.88. The van der Waals surface area contributed by atoms with Gasteiger partial charge in [-0.05, 0) is 0 Å². The fourth-order valence-corrected chi connectivity index (χ4v) is 0. The summed E-state index contributed by atoms with van der Waals surface area (Å²) in [5, 5.41) is 0. The van der Waals surface area contributed by atoms with E-state index in [1.54, 1.807) is 0 Å². The van der Waals surface area contributed by atoms with Gasteiger partial charge in [0.1, 0.15) is 0 Å². The molecule has 88 valence electrons. The third kappa shape index (κ3) is 461. The van der Waals surface area contributed by atoms with E-state index in [1.165, 1.54) is 0 Å². The first kappa shape index (κ1) is 50.8. The first-order valence-electron chi connectivity index (χ1n) is 1.51. The monoisotopic (exact) mass is 313 g/mol. The second-order valence-corrected chi connectivity index (χ2v) is 2.88. The van der Waals surface area contributed by atoms with Gasteiger partial charge in [-0.1, -0.05) is 0 Å². The standard InChI is InChI=1S/3H3N.3Na.2H3O4P/c;;;;;;2*1-5(2,3)4/h3*1H3;;;;2*(H3,1,2,3,4)/q;;;3*+1;;/p-3. The number of rotatable bonds is 0. The Balaban J connectivity index is -0.00000000970. The average molecular weight is 313 g/mol. The molecule has 0 bridgehead atoms. The topological polar surface area (TPSA) is 269 Å². The van der Waals surface area contributed by atoms with Crippen molar-refractivity contribution in [1.82, 2.24) is 18.5 Å². The summed E-state index contributed by atoms with van der Waals surface area (Å²) < 4.78 is 17.4. The van der Waals surface area contributed by atoms with Crippen molar-refractivity contribution >= 4 is 15.6 Å². The Bertz CT molecular complexity index is 141. The molecule has 0 amide bonds. The van der Waals surface area contributed by atoms with E-state index in [9.17, 15) is 0 Å². The summed E-state index contributed by atoms with van der Waals surface area (Å²) in [6.45, 7) is 0. The number of hydrogen-bond donors (Lipinski definition) is 6. The Morgan fingerprint density at radius 2 is 0.688 bits per heavy atom. The molecule has 0 heterocycles. The molecule has 0 fully saturated rings. The van der Waals surface area contributed by atoms with Crippen LogP contribution in [0.25, 0.3) is 0 Å². The molecule has 0 aliphatic rings. The van der Waals surface area contributed by atoms with E-state index in [1.807, 2.05) is 0 Å². The molecule has 0 aliphatic carbocycles. The minimum Gasteiger partial charge on any atom is -0.822 e. The van der Waals surface area contributed by atoms with Crippen LogP contribution >= 0.6 is 15.6 Å². The first-order valence-corrected chi connectivity index (χ1v) is 4.54. The van der Waals surface area contributed by atoms with Gasteiger partial charge in [0.25, 0.3) is 0 Å². The van der Waals surface area contributed by atoms with Crippen LogP contribution in [-0.4, -0.2) is 14.7 Å². The maximum absolute atomic E-state index is 8.88. The molecule has 0 unspecified atom stereocenters. The summed E-state index contributed by atoms with van der Waals surface area (Å²) >= 11 is 0. The first-order chi connectivity index (χ1) is 4.00. The summed E-state index contributed by atoms with van der Waals surface area (Å²) in [7, 11) is -10.0. The van der Waals surface area contributed by atoms with E-state index < -0.39 is 15.6 Å². The molecule has 0 aliphatic heterocycles. The fraction of sp³-hybridized carbons (Fsp3) is 0. The van der Waals surface area contributed by atoms with Crippen molar-refractivity contribution in [3.63, 3.8) is 0 Å². The van der Waals surface area contributed by atoms with Gasteiger partial charge in [0.05, 0.1) is 0 Å². The van der Waals surface area contributed by atoms with Crippen molar-refractivity contribution < 1.29 is 127 Å². The normalized spacial score (nSPS) is 7.38. The predicted octanol–water partition coefficient (Wildman–Crippen LogP) is -12.3. The van der Waals surface area contributed by atoms with E-state index in [4.69, 9.17) is 38.5 Å². The Hall–Kier alpha value is 3.10. The molecule has 0 aromatic rings. The fourth-order valence-electron chi connectivity index (χ4n) is 0. The van der Waals surface area contributed by atoms with Crippen LogP contribution in [0, 0.1) is 0 Å². The molecular formula is H12N3Na3O8P2. The molecule has 11 nitrogen and oxygen atoms in total. The number of hydrogen-bond acceptors (Lipinski definition) is 8. The molecule has 0 saturated heterocycles. The third-order valence-electron chi connectivity index (χ3n) is 0. The van der Waals surface area contributed by atoms with Crippen molar-refractivity contribution in [2.75, 3.05) is 0 Å². The third-order valence-corrected chi connectivity index (χ3v) is 0. The molecule has 16 heavy (non-hydrogen) atoms. The Labute approximate surface area is 159 Å². The predicted molar refractivity (Wildman–Crippen MR) is 36.9 cm³/mol. The van der Waals surface area contributed by atoms with Gasteiger partial charge in [0.15, 0.2) is 0 Å². The largest absolute Gasteiger partial charge is 1.00 e. The van der Waals surface area contributed by atoms with Crippen LogP contribution < -0.4 is 122 Å². The van der Waals surface area contributed by atoms with Crippen LogP contribution in [0.1, 0.15) is 0 Å². The zero-order valence-electron chi connectivity index (χ0n) is 9.40. The molecule has 0 radical (unpaired) electrons. The summed E-state index contributed by atoms with van der Waals surface area (Å²) in [4.78, 5) is 47.2. The van der Waals surface area contributed by atoms with Gasteiger partial charge in [-0.2, -0.15) is 7.82 Å². The summed E-state index contributed by atoms with van der Waals surface area (Å²) in [5.41, 5.74) is 0. The van der Waals surface area contributed by atoms with Gasteiger partial charge in [0.2, 0.25) is 0 Å². The SMILES string of the molecule is N.N.N.O=P(O)(O)O.O=P([O-])([O-])[O-].[Na+].[Na+].[Na+]. The quantitative estimate of drug-likeness (QED) is 0.180. The van der Waals surface area contributed by atoms with E-state index in [0.717, 1.165) is 0 Å². The van der Waals surface area contributed by atoms with Crippen LogP contribution in [0.3, 0.4) is 0 Å². The van der Waals surface area contributed by atoms with Gasteiger partial charge in [-0.3, -0.25) is 0 Å².